The van der Waals surface area contributed by atoms with Gasteiger partial charge in [-0.1, -0.05) is 42.5 Å². The van der Waals surface area contributed by atoms with Gasteiger partial charge in [0.2, 0.25) is 5.91 Å². The van der Waals surface area contributed by atoms with Crippen LogP contribution in [0.15, 0.2) is 104 Å². The van der Waals surface area contributed by atoms with Crippen molar-refractivity contribution in [1.82, 2.24) is 35.1 Å². The Morgan fingerprint density at radius 3 is 2.62 bits per heavy atom. The average molecular weight is 523 g/mol. The van der Waals surface area contributed by atoms with Crippen LogP contribution in [0, 0.1) is 0 Å². The van der Waals surface area contributed by atoms with Crippen molar-refractivity contribution in [2.75, 3.05) is 5.32 Å². The molecule has 40 heavy (non-hydrogen) atoms. The van der Waals surface area contributed by atoms with Crippen LogP contribution in [0.25, 0.3) is 56.0 Å². The molecule has 0 aliphatic rings. The fraction of sp³-hybridized carbons (Fsp3) is 0.0323. The zero-order valence-corrected chi connectivity index (χ0v) is 21.2. The maximum Gasteiger partial charge on any atom is 0.228 e. The molecule has 0 saturated heterocycles. The fourth-order valence-corrected chi connectivity index (χ4v) is 4.79. The van der Waals surface area contributed by atoms with Gasteiger partial charge in [-0.05, 0) is 47.5 Å². The predicted octanol–water partition coefficient (Wildman–Crippen LogP) is 5.81. The number of hydrogen-bond acceptors (Lipinski definition) is 6. The standard InChI is InChI=1S/C31H22N8O/c40-27(14-19-6-2-1-3-7-19)35-22-15-21(17-32-18-22)20-9-10-26-24(16-20)29(39-38-26)31-36-28-23(11-13-34-30(28)37-31)25-8-4-5-12-33-25/h1-13,15-18H,14H2,(H,35,40)(H,38,39)(H,34,36,37). The highest BCUT2D eigenvalue weighted by Crippen LogP contribution is 2.32. The molecule has 7 aromatic rings. The van der Waals surface area contributed by atoms with Gasteiger partial charge in [0, 0.05) is 35.1 Å². The van der Waals surface area contributed by atoms with Crippen LogP contribution in [-0.4, -0.2) is 41.0 Å². The molecule has 3 N–H and O–H groups in total. The number of carbonyl (C=O) groups is 1. The van der Waals surface area contributed by atoms with E-state index in [0.717, 1.165) is 44.4 Å². The molecule has 0 saturated carbocycles. The number of pyridine rings is 3. The van der Waals surface area contributed by atoms with E-state index in [1.165, 1.54) is 0 Å². The molecule has 0 aliphatic carbocycles. The fourth-order valence-electron chi connectivity index (χ4n) is 4.79. The molecule has 2 aromatic carbocycles. The number of imidazole rings is 1. The van der Waals surface area contributed by atoms with Gasteiger partial charge >= 0.3 is 0 Å². The number of fused-ring (bicyclic) bond motifs is 2. The second kappa shape index (κ2) is 9.88. The number of amides is 1. The minimum absolute atomic E-state index is 0.0960. The van der Waals surface area contributed by atoms with E-state index < -0.39 is 0 Å². The Kier molecular flexibility index (Phi) is 5.78. The van der Waals surface area contributed by atoms with Crippen LogP contribution in [-0.2, 0) is 11.2 Å². The third kappa shape index (κ3) is 4.45. The molecule has 9 nitrogen and oxygen atoms in total. The molecule has 192 valence electrons. The molecule has 0 atom stereocenters. The van der Waals surface area contributed by atoms with Crippen molar-refractivity contribution in [3.05, 3.63) is 109 Å². The Morgan fingerprint density at radius 2 is 1.75 bits per heavy atom. The highest BCUT2D eigenvalue weighted by atomic mass is 16.1. The van der Waals surface area contributed by atoms with E-state index in [2.05, 4.69) is 35.5 Å². The number of carbonyl (C=O) groups excluding carboxylic acids is 1. The Balaban J connectivity index is 1.21. The number of aromatic nitrogens is 7. The molecule has 1 amide bonds. The molecule has 5 aromatic heterocycles. The first-order valence-electron chi connectivity index (χ1n) is 12.7. The maximum atomic E-state index is 12.6. The topological polar surface area (TPSA) is 125 Å². The van der Waals surface area contributed by atoms with E-state index in [4.69, 9.17) is 4.98 Å². The van der Waals surface area contributed by atoms with E-state index in [9.17, 15) is 4.79 Å². The van der Waals surface area contributed by atoms with Gasteiger partial charge in [-0.25, -0.2) is 9.97 Å². The SMILES string of the molecule is O=C(Cc1ccccc1)Nc1cncc(-c2ccc3[nH]nc(-c4nc5nccc(-c6ccccn6)c5[nH]4)c3c2)c1. The molecule has 0 spiro atoms. The monoisotopic (exact) mass is 522 g/mol. The number of hydrogen-bond donors (Lipinski definition) is 3. The zero-order valence-electron chi connectivity index (χ0n) is 21.2. The van der Waals surface area contributed by atoms with Crippen LogP contribution in [0.1, 0.15) is 5.56 Å². The molecule has 0 fully saturated rings. The average Bonchev–Trinajstić information content (AvgIpc) is 3.62. The summed E-state index contributed by atoms with van der Waals surface area (Å²) in [5.74, 6) is 0.510. The van der Waals surface area contributed by atoms with Crippen molar-refractivity contribution in [2.45, 2.75) is 6.42 Å². The number of rotatable bonds is 6. The number of nitrogens with zero attached hydrogens (tertiary/aromatic N) is 5. The lowest BCUT2D eigenvalue weighted by atomic mass is 10.0. The Morgan fingerprint density at radius 1 is 0.850 bits per heavy atom. The van der Waals surface area contributed by atoms with Crippen LogP contribution < -0.4 is 5.32 Å². The van der Waals surface area contributed by atoms with Gasteiger partial charge in [-0.2, -0.15) is 5.10 Å². The molecule has 9 heteroatoms. The maximum absolute atomic E-state index is 12.6. The van der Waals surface area contributed by atoms with Crippen LogP contribution in [0.3, 0.4) is 0 Å². The minimum Gasteiger partial charge on any atom is -0.335 e. The quantitative estimate of drug-likeness (QED) is 0.253. The van der Waals surface area contributed by atoms with Crippen molar-refractivity contribution in [3.63, 3.8) is 0 Å². The minimum atomic E-state index is -0.0960. The van der Waals surface area contributed by atoms with Gasteiger partial charge < -0.3 is 10.3 Å². The molecular weight excluding hydrogens is 500 g/mol. The number of nitrogens with one attached hydrogen (secondary N) is 3. The first-order valence-corrected chi connectivity index (χ1v) is 12.7. The van der Waals surface area contributed by atoms with Crippen LogP contribution in [0.5, 0.6) is 0 Å². The Hall–Kier alpha value is -5.70. The van der Waals surface area contributed by atoms with Crippen molar-refractivity contribution in [2.24, 2.45) is 0 Å². The summed E-state index contributed by atoms with van der Waals surface area (Å²) in [7, 11) is 0. The Labute approximate surface area is 228 Å². The predicted molar refractivity (Wildman–Crippen MR) is 154 cm³/mol. The highest BCUT2D eigenvalue weighted by Gasteiger charge is 2.17. The lowest BCUT2D eigenvalue weighted by Crippen LogP contribution is -2.14. The summed E-state index contributed by atoms with van der Waals surface area (Å²) in [5.41, 5.74) is 8.09. The molecule has 5 heterocycles. The van der Waals surface area contributed by atoms with Gasteiger partial charge in [-0.3, -0.25) is 19.9 Å². The van der Waals surface area contributed by atoms with E-state index >= 15 is 0 Å². The van der Waals surface area contributed by atoms with Crippen molar-refractivity contribution >= 4 is 33.7 Å². The molecular formula is C31H22N8O. The summed E-state index contributed by atoms with van der Waals surface area (Å²) in [6, 6.07) is 25.3. The third-order valence-electron chi connectivity index (χ3n) is 6.68. The van der Waals surface area contributed by atoms with Gasteiger partial charge in [0.15, 0.2) is 11.5 Å². The summed E-state index contributed by atoms with van der Waals surface area (Å²) < 4.78 is 0. The second-order valence-electron chi connectivity index (χ2n) is 9.36. The number of anilines is 1. The number of H-pyrrole nitrogens is 2. The summed E-state index contributed by atoms with van der Waals surface area (Å²) in [6.45, 7) is 0. The summed E-state index contributed by atoms with van der Waals surface area (Å²) >= 11 is 0. The van der Waals surface area contributed by atoms with Crippen LogP contribution >= 0.6 is 0 Å². The number of benzene rings is 2. The lowest BCUT2D eigenvalue weighted by molar-refractivity contribution is -0.115. The summed E-state index contributed by atoms with van der Waals surface area (Å²) in [4.78, 5) is 34.0. The largest absolute Gasteiger partial charge is 0.335 e. The van der Waals surface area contributed by atoms with E-state index in [1.807, 2.05) is 78.9 Å². The Bertz CT molecular complexity index is 1980. The molecule has 0 unspecified atom stereocenters. The van der Waals surface area contributed by atoms with E-state index in [-0.39, 0.29) is 5.91 Å². The number of aromatic amines is 2. The molecule has 0 bridgehead atoms. The lowest BCUT2D eigenvalue weighted by Gasteiger charge is -2.08. The van der Waals surface area contributed by atoms with Gasteiger partial charge in [-0.15, -0.1) is 0 Å². The van der Waals surface area contributed by atoms with Gasteiger partial charge in [0.05, 0.1) is 35.0 Å². The van der Waals surface area contributed by atoms with Crippen molar-refractivity contribution in [3.8, 4) is 33.9 Å². The first kappa shape index (κ1) is 23.4. The van der Waals surface area contributed by atoms with Crippen molar-refractivity contribution < 1.29 is 4.79 Å². The second-order valence-corrected chi connectivity index (χ2v) is 9.36. The van der Waals surface area contributed by atoms with Gasteiger partial charge in [0.1, 0.15) is 5.69 Å². The highest BCUT2D eigenvalue weighted by molar-refractivity contribution is 5.97. The van der Waals surface area contributed by atoms with E-state index in [1.54, 1.807) is 24.8 Å². The molecule has 0 radical (unpaired) electrons. The molecule has 7 rings (SSSR count). The molecule has 0 aliphatic heterocycles. The normalized spacial score (nSPS) is 11.2. The van der Waals surface area contributed by atoms with Crippen LogP contribution in [0.4, 0.5) is 5.69 Å². The third-order valence-corrected chi connectivity index (χ3v) is 6.68. The summed E-state index contributed by atoms with van der Waals surface area (Å²) in [6.07, 6.45) is 7.22. The zero-order chi connectivity index (χ0) is 26.9. The first-order chi connectivity index (χ1) is 19.7. The van der Waals surface area contributed by atoms with Crippen LogP contribution in [0.2, 0.25) is 0 Å². The van der Waals surface area contributed by atoms with E-state index in [0.29, 0.717) is 29.3 Å². The smallest absolute Gasteiger partial charge is 0.228 e. The van der Waals surface area contributed by atoms with Gasteiger partial charge in [0.25, 0.3) is 0 Å². The summed E-state index contributed by atoms with van der Waals surface area (Å²) in [5, 5.41) is 11.5. The van der Waals surface area contributed by atoms with Crippen molar-refractivity contribution in [1.29, 1.82) is 0 Å².